The first-order chi connectivity index (χ1) is 11.3. The molecule has 0 radical (unpaired) electrons. The van der Waals surface area contributed by atoms with Crippen LogP contribution in [0, 0.1) is 12.3 Å². The van der Waals surface area contributed by atoms with Gasteiger partial charge in [0, 0.05) is 18.0 Å². The monoisotopic (exact) mass is 323 g/mol. The van der Waals surface area contributed by atoms with Crippen LogP contribution in [0.4, 0.5) is 17.3 Å². The van der Waals surface area contributed by atoms with Gasteiger partial charge in [0.15, 0.2) is 0 Å². The van der Waals surface area contributed by atoms with Crippen molar-refractivity contribution >= 4 is 28.9 Å². The second kappa shape index (κ2) is 5.92. The van der Waals surface area contributed by atoms with E-state index in [0.29, 0.717) is 40.8 Å². The highest BCUT2D eigenvalue weighted by molar-refractivity contribution is 6.16. The Labute approximate surface area is 140 Å². The molecule has 0 fully saturated rings. The molecule has 0 spiro atoms. The average molecular weight is 323 g/mol. The van der Waals surface area contributed by atoms with Crippen molar-refractivity contribution in [3.8, 4) is 0 Å². The van der Waals surface area contributed by atoms with Crippen LogP contribution in [-0.2, 0) is 6.42 Å². The summed E-state index contributed by atoms with van der Waals surface area (Å²) in [6, 6.07) is 5.85. The van der Waals surface area contributed by atoms with Gasteiger partial charge in [0.05, 0.1) is 17.0 Å². The molecule has 6 N–H and O–H groups in total. The van der Waals surface area contributed by atoms with Crippen LogP contribution >= 0.6 is 0 Å². The number of amidine groups is 1. The van der Waals surface area contributed by atoms with Gasteiger partial charge in [0.2, 0.25) is 0 Å². The minimum atomic E-state index is 0.162. The van der Waals surface area contributed by atoms with Gasteiger partial charge >= 0.3 is 0 Å². The third-order valence-electron chi connectivity index (χ3n) is 3.73. The molecule has 0 atom stereocenters. The lowest BCUT2D eigenvalue weighted by molar-refractivity contribution is 0.880. The molecule has 2 aromatic rings. The predicted octanol–water partition coefficient (Wildman–Crippen LogP) is 2.15. The first-order valence-electron chi connectivity index (χ1n) is 7.81. The minimum absolute atomic E-state index is 0.162. The molecule has 7 heteroatoms. The first kappa shape index (κ1) is 15.9. The number of fused-ring (bicyclic) bond motifs is 1. The molecule has 124 valence electrons. The van der Waals surface area contributed by atoms with Crippen LogP contribution in [0.15, 0.2) is 23.2 Å². The molecule has 7 nitrogen and oxygen atoms in total. The van der Waals surface area contributed by atoms with E-state index >= 15 is 0 Å². The highest BCUT2D eigenvalue weighted by Gasteiger charge is 2.20. The van der Waals surface area contributed by atoms with Crippen LogP contribution in [0.1, 0.15) is 36.4 Å². The van der Waals surface area contributed by atoms with Crippen molar-refractivity contribution in [1.82, 2.24) is 9.97 Å². The average Bonchev–Trinajstić information content (AvgIpc) is 2.84. The normalized spacial score (nSPS) is 12.9. The fraction of sp³-hybridized carbons (Fsp3) is 0.294. The molecule has 1 aliphatic heterocycles. The number of nitrogens with zero attached hydrogens (tertiary/aromatic N) is 3. The van der Waals surface area contributed by atoms with E-state index in [2.05, 4.69) is 20.3 Å². The van der Waals surface area contributed by atoms with Gasteiger partial charge in [-0.15, -0.1) is 0 Å². The van der Waals surface area contributed by atoms with Crippen LogP contribution in [-0.4, -0.2) is 27.6 Å². The third-order valence-corrected chi connectivity index (χ3v) is 3.73. The van der Waals surface area contributed by atoms with Crippen molar-refractivity contribution < 1.29 is 0 Å². The van der Waals surface area contributed by atoms with Gasteiger partial charge in [-0.2, -0.15) is 0 Å². The SMILES string of the molecule is Cc1nc(N)c(C(=N)c2ccc3c(c2)N=C(N)C3)c(NC(C)C)n1. The summed E-state index contributed by atoms with van der Waals surface area (Å²) in [5, 5.41) is 11.8. The summed E-state index contributed by atoms with van der Waals surface area (Å²) in [6.07, 6.45) is 0.652. The molecule has 24 heavy (non-hydrogen) atoms. The lowest BCUT2D eigenvalue weighted by Gasteiger charge is -2.17. The number of nitrogen functional groups attached to an aromatic ring is 1. The van der Waals surface area contributed by atoms with Crippen molar-refractivity contribution in [2.75, 3.05) is 11.1 Å². The summed E-state index contributed by atoms with van der Waals surface area (Å²) in [7, 11) is 0. The summed E-state index contributed by atoms with van der Waals surface area (Å²) in [6.45, 7) is 5.80. The number of rotatable bonds is 4. The van der Waals surface area contributed by atoms with Crippen LogP contribution in [0.2, 0.25) is 0 Å². The van der Waals surface area contributed by atoms with Gasteiger partial charge in [0.25, 0.3) is 0 Å². The Bertz CT molecular complexity index is 852. The van der Waals surface area contributed by atoms with Crippen LogP contribution in [0.25, 0.3) is 0 Å². The number of aromatic nitrogens is 2. The summed E-state index contributed by atoms with van der Waals surface area (Å²) in [5.74, 6) is 2.02. The maximum Gasteiger partial charge on any atom is 0.141 e. The standard InChI is InChI=1S/C17H21N7/c1-8(2)21-17-14(16(20)22-9(3)23-17)15(19)11-5-4-10-7-13(18)24-12(10)6-11/h4-6,8,19H,7H2,1-3H3,(H2,18,24)(H3,20,21,22,23). The molecular formula is C17H21N7. The summed E-state index contributed by atoms with van der Waals surface area (Å²) >= 11 is 0. The molecule has 3 rings (SSSR count). The third kappa shape index (κ3) is 2.92. The Morgan fingerprint density at radius 2 is 2.00 bits per heavy atom. The molecule has 0 unspecified atom stereocenters. The van der Waals surface area contributed by atoms with Crippen molar-refractivity contribution in [3.05, 3.63) is 40.7 Å². The van der Waals surface area contributed by atoms with Gasteiger partial charge in [-0.05, 0) is 32.4 Å². The lowest BCUT2D eigenvalue weighted by atomic mass is 10.00. The van der Waals surface area contributed by atoms with Crippen molar-refractivity contribution in [2.24, 2.45) is 10.7 Å². The summed E-state index contributed by atoms with van der Waals surface area (Å²) < 4.78 is 0. The highest BCUT2D eigenvalue weighted by Crippen LogP contribution is 2.29. The van der Waals surface area contributed by atoms with Gasteiger partial charge < -0.3 is 16.8 Å². The van der Waals surface area contributed by atoms with Gasteiger partial charge in [-0.3, -0.25) is 5.41 Å². The first-order valence-corrected chi connectivity index (χ1v) is 7.81. The topological polar surface area (TPSA) is 126 Å². The fourth-order valence-electron chi connectivity index (χ4n) is 2.73. The van der Waals surface area contributed by atoms with Crippen LogP contribution < -0.4 is 16.8 Å². The number of hydrogen-bond acceptors (Lipinski definition) is 7. The van der Waals surface area contributed by atoms with E-state index < -0.39 is 0 Å². The van der Waals surface area contributed by atoms with E-state index in [0.717, 1.165) is 11.3 Å². The van der Waals surface area contributed by atoms with E-state index in [1.54, 1.807) is 6.92 Å². The minimum Gasteiger partial charge on any atom is -0.387 e. The molecule has 1 aromatic carbocycles. The van der Waals surface area contributed by atoms with E-state index in [1.165, 1.54) is 0 Å². The fourth-order valence-corrected chi connectivity index (χ4v) is 2.73. The van der Waals surface area contributed by atoms with E-state index in [-0.39, 0.29) is 11.8 Å². The molecule has 0 aliphatic carbocycles. The largest absolute Gasteiger partial charge is 0.387 e. The molecule has 1 aliphatic rings. The van der Waals surface area contributed by atoms with Crippen molar-refractivity contribution in [2.45, 2.75) is 33.2 Å². The lowest BCUT2D eigenvalue weighted by Crippen LogP contribution is -2.18. The number of nitrogens with one attached hydrogen (secondary N) is 2. The van der Waals surface area contributed by atoms with Gasteiger partial charge in [-0.25, -0.2) is 15.0 Å². The van der Waals surface area contributed by atoms with Crippen LogP contribution in [0.3, 0.4) is 0 Å². The molecule has 0 saturated carbocycles. The molecule has 2 heterocycles. The Balaban J connectivity index is 2.06. The molecule has 0 amide bonds. The van der Waals surface area contributed by atoms with E-state index in [4.69, 9.17) is 16.9 Å². The Hall–Kier alpha value is -2.96. The van der Waals surface area contributed by atoms with E-state index in [1.807, 2.05) is 32.0 Å². The smallest absolute Gasteiger partial charge is 0.141 e. The summed E-state index contributed by atoms with van der Waals surface area (Å²) in [5.41, 5.74) is 15.2. The Morgan fingerprint density at radius 1 is 1.25 bits per heavy atom. The highest BCUT2D eigenvalue weighted by atomic mass is 15.1. The number of nitrogens with two attached hydrogens (primary N) is 2. The zero-order chi connectivity index (χ0) is 17.4. The zero-order valence-corrected chi connectivity index (χ0v) is 14.0. The Kier molecular flexibility index (Phi) is 3.92. The maximum absolute atomic E-state index is 8.60. The van der Waals surface area contributed by atoms with E-state index in [9.17, 15) is 0 Å². The van der Waals surface area contributed by atoms with Gasteiger partial charge in [-0.1, -0.05) is 12.1 Å². The number of benzene rings is 1. The second-order valence-corrected chi connectivity index (χ2v) is 6.18. The maximum atomic E-state index is 8.60. The Morgan fingerprint density at radius 3 is 2.71 bits per heavy atom. The quantitative estimate of drug-likeness (QED) is 0.641. The molecule has 0 saturated heterocycles. The summed E-state index contributed by atoms with van der Waals surface area (Å²) in [4.78, 5) is 12.9. The van der Waals surface area contributed by atoms with Crippen molar-refractivity contribution in [1.29, 1.82) is 5.41 Å². The molecule has 1 aromatic heterocycles. The zero-order valence-electron chi connectivity index (χ0n) is 14.0. The second-order valence-electron chi connectivity index (χ2n) is 6.18. The van der Waals surface area contributed by atoms with Gasteiger partial charge in [0.1, 0.15) is 23.3 Å². The molecule has 0 bridgehead atoms. The molecular weight excluding hydrogens is 302 g/mol. The number of hydrogen-bond donors (Lipinski definition) is 4. The van der Waals surface area contributed by atoms with Crippen LogP contribution in [0.5, 0.6) is 0 Å². The number of aliphatic imine (C=N–C) groups is 1. The number of aryl methyl sites for hydroxylation is 1. The predicted molar refractivity (Wildman–Crippen MR) is 97.3 cm³/mol. The number of anilines is 2. The van der Waals surface area contributed by atoms with Crippen molar-refractivity contribution in [3.63, 3.8) is 0 Å².